The number of hydrogen-bond donors (Lipinski definition) is 5. The molecule has 2 atom stereocenters. The zero-order valence-electron chi connectivity index (χ0n) is 28.0. The Bertz CT molecular complexity index is 2210. The maximum absolute atomic E-state index is 14.1. The highest BCUT2D eigenvalue weighted by molar-refractivity contribution is 6.41. The molecule has 2 fully saturated rings. The number of H-pyrrole nitrogens is 1. The number of aromatic carboxylic acids is 1. The van der Waals surface area contributed by atoms with Crippen molar-refractivity contribution < 1.29 is 34.2 Å². The van der Waals surface area contributed by atoms with Gasteiger partial charge < -0.3 is 40.5 Å². The van der Waals surface area contributed by atoms with Crippen LogP contribution < -0.4 is 15.5 Å². The quantitative estimate of drug-likeness (QED) is 0.132. The molecule has 7 rings (SSSR count). The molecule has 5 N–H and O–H groups in total. The molecule has 3 aromatic carbocycles. The second-order valence-electron chi connectivity index (χ2n) is 12.6. The Morgan fingerprint density at radius 1 is 0.925 bits per heavy atom. The smallest absolute Gasteiger partial charge is 0.352 e. The molecule has 2 aliphatic rings. The lowest BCUT2D eigenvalue weighted by atomic mass is 10.0. The lowest BCUT2D eigenvalue weighted by Crippen LogP contribution is -2.60. The number of rotatable bonds is 10. The number of fused-ring (bicyclic) bond motifs is 1. The van der Waals surface area contributed by atoms with Crippen molar-refractivity contribution in [3.8, 4) is 5.69 Å². The second-order valence-corrected chi connectivity index (χ2v) is 13.1. The number of aromatic amines is 1. The average Bonchev–Trinajstić information content (AvgIpc) is 3.94. The Hall–Kier alpha value is -6.33. The highest BCUT2D eigenvalue weighted by atomic mass is 35.5. The van der Waals surface area contributed by atoms with Crippen molar-refractivity contribution in [2.45, 2.75) is 31.3 Å². The third-order valence-corrected chi connectivity index (χ3v) is 9.59. The van der Waals surface area contributed by atoms with E-state index in [0.717, 1.165) is 12.8 Å². The van der Waals surface area contributed by atoms with Crippen LogP contribution in [0.5, 0.6) is 0 Å². The summed E-state index contributed by atoms with van der Waals surface area (Å²) in [5, 5.41) is 36.8. The molecular formula is C35H33ClN10O7. The van der Waals surface area contributed by atoms with E-state index in [4.69, 9.17) is 11.6 Å². The Morgan fingerprint density at radius 3 is 2.45 bits per heavy atom. The summed E-state index contributed by atoms with van der Waals surface area (Å²) < 4.78 is 1.34. The fourth-order valence-electron chi connectivity index (χ4n) is 6.69. The van der Waals surface area contributed by atoms with Crippen molar-refractivity contribution in [3.63, 3.8) is 0 Å². The number of nitrogens with one attached hydrogen (secondary N) is 3. The summed E-state index contributed by atoms with van der Waals surface area (Å²) in [5.41, 5.74) is 2.76. The van der Waals surface area contributed by atoms with Crippen LogP contribution in [0.25, 0.3) is 16.6 Å². The van der Waals surface area contributed by atoms with E-state index < -0.39 is 29.7 Å². The summed E-state index contributed by atoms with van der Waals surface area (Å²) >= 11 is 6.29. The summed E-state index contributed by atoms with van der Waals surface area (Å²) in [6.45, 7) is 0.430. The molecule has 5 amide bonds. The number of amides is 5. The largest absolute Gasteiger partial charge is 0.477 e. The lowest BCUT2D eigenvalue weighted by Gasteiger charge is -2.38. The molecule has 2 aromatic heterocycles. The van der Waals surface area contributed by atoms with Gasteiger partial charge in [-0.05, 0) is 83.4 Å². The SMILES string of the molecule is O=C(O)c1cc2cc(NC(=O)C(Cc3ccc(NC(=O)N4CCC[C@@H]4CO)cc3)N3CCN(c4cc(Cl)ccc4-n4cnnn4)C(=O)C3=O)ccc2[nH]1. The number of carbonyl (C=O) groups is 5. The van der Waals surface area contributed by atoms with Gasteiger partial charge in [-0.2, -0.15) is 4.68 Å². The van der Waals surface area contributed by atoms with E-state index in [9.17, 15) is 34.2 Å². The molecule has 53 heavy (non-hydrogen) atoms. The first-order chi connectivity index (χ1) is 25.6. The van der Waals surface area contributed by atoms with Crippen LogP contribution in [0.15, 0.2) is 73.1 Å². The fourth-order valence-corrected chi connectivity index (χ4v) is 6.85. The number of carbonyl (C=O) groups excluding carboxylic acids is 4. The first-order valence-electron chi connectivity index (χ1n) is 16.7. The Morgan fingerprint density at radius 2 is 1.72 bits per heavy atom. The highest BCUT2D eigenvalue weighted by Crippen LogP contribution is 2.30. The Kier molecular flexibility index (Phi) is 9.75. The van der Waals surface area contributed by atoms with Crippen LogP contribution >= 0.6 is 11.6 Å². The van der Waals surface area contributed by atoms with Gasteiger partial charge in [0.05, 0.1) is 24.0 Å². The number of aromatic nitrogens is 5. The minimum absolute atomic E-state index is 0.0143. The number of likely N-dealkylation sites (tertiary alicyclic amines) is 1. The van der Waals surface area contributed by atoms with Crippen LogP contribution in [-0.4, -0.2) is 113 Å². The van der Waals surface area contributed by atoms with Crippen LogP contribution in [0, 0.1) is 0 Å². The number of piperazine rings is 1. The van der Waals surface area contributed by atoms with Gasteiger partial charge in [0.2, 0.25) is 5.91 Å². The van der Waals surface area contributed by atoms with Crippen LogP contribution in [0.3, 0.4) is 0 Å². The molecule has 2 saturated heterocycles. The van der Waals surface area contributed by atoms with Crippen molar-refractivity contribution in [1.29, 1.82) is 0 Å². The third kappa shape index (κ3) is 7.24. The summed E-state index contributed by atoms with van der Waals surface area (Å²) in [6.07, 6.45) is 2.89. The molecule has 0 saturated carbocycles. The molecule has 5 aromatic rings. The first kappa shape index (κ1) is 35.1. The maximum Gasteiger partial charge on any atom is 0.352 e. The monoisotopic (exact) mass is 740 g/mol. The van der Waals surface area contributed by atoms with E-state index in [-0.39, 0.29) is 43.9 Å². The number of hydrogen-bond acceptors (Lipinski definition) is 9. The van der Waals surface area contributed by atoms with Crippen molar-refractivity contribution in [2.24, 2.45) is 0 Å². The Labute approximate surface area is 306 Å². The molecule has 0 radical (unpaired) electrons. The number of carboxylic acid groups (broad SMARTS) is 1. The van der Waals surface area contributed by atoms with E-state index in [2.05, 4.69) is 31.1 Å². The van der Waals surface area contributed by atoms with Crippen molar-refractivity contribution in [1.82, 2.24) is 35.0 Å². The zero-order valence-corrected chi connectivity index (χ0v) is 28.7. The van der Waals surface area contributed by atoms with Crippen LogP contribution in [0.1, 0.15) is 28.9 Å². The molecule has 4 heterocycles. The molecule has 0 bridgehead atoms. The summed E-state index contributed by atoms with van der Waals surface area (Å²) in [7, 11) is 0. The number of aliphatic hydroxyl groups is 1. The van der Waals surface area contributed by atoms with Crippen molar-refractivity contribution in [3.05, 3.63) is 89.3 Å². The number of halogens is 1. The number of aliphatic hydroxyl groups excluding tert-OH is 1. The number of urea groups is 1. The molecule has 1 unspecified atom stereocenters. The van der Waals surface area contributed by atoms with Gasteiger partial charge >= 0.3 is 23.8 Å². The first-order valence-corrected chi connectivity index (χ1v) is 17.1. The topological polar surface area (TPSA) is 219 Å². The van der Waals surface area contributed by atoms with Crippen molar-refractivity contribution in [2.75, 3.05) is 41.8 Å². The standard InChI is InChI=1S/C35H33ClN10O7/c36-22-5-10-28(46-19-37-41-42-46)29(17-22)44-12-13-45(33(50)32(44)49)30(31(48)38-24-8-9-26-21(15-24)16-27(40-26)34(51)52)14-20-3-6-23(7-4-20)39-35(53)43-11-1-2-25(43)18-47/h3-10,15-17,19,25,30,40,47H,1-2,11-14,18H2,(H,38,48)(H,39,53)(H,51,52)/t25-,30?/m1/s1. The van der Waals surface area contributed by atoms with Crippen LogP contribution in [-0.2, 0) is 20.8 Å². The summed E-state index contributed by atoms with van der Waals surface area (Å²) in [6, 6.07) is 16.1. The summed E-state index contributed by atoms with van der Waals surface area (Å²) in [5.74, 6) is -3.51. The number of benzene rings is 3. The van der Waals surface area contributed by atoms with Crippen LogP contribution in [0.4, 0.5) is 21.9 Å². The molecule has 18 heteroatoms. The van der Waals surface area contributed by atoms with Gasteiger partial charge in [-0.25, -0.2) is 9.59 Å². The average molecular weight is 741 g/mol. The summed E-state index contributed by atoms with van der Waals surface area (Å²) in [4.78, 5) is 73.0. The number of anilines is 3. The molecule has 272 valence electrons. The normalized spacial score (nSPS) is 16.6. The minimum Gasteiger partial charge on any atom is -0.477 e. The maximum atomic E-state index is 14.1. The van der Waals surface area contributed by atoms with E-state index in [1.807, 2.05) is 0 Å². The second kappa shape index (κ2) is 14.7. The highest BCUT2D eigenvalue weighted by Gasteiger charge is 2.41. The van der Waals surface area contributed by atoms with E-state index in [1.54, 1.807) is 59.5 Å². The van der Waals surface area contributed by atoms with Gasteiger partial charge in [0.1, 0.15) is 18.1 Å². The van der Waals surface area contributed by atoms with Gasteiger partial charge in [-0.1, -0.05) is 23.7 Å². The predicted molar refractivity (Wildman–Crippen MR) is 192 cm³/mol. The number of nitrogens with zero attached hydrogens (tertiary/aromatic N) is 7. The van der Waals surface area contributed by atoms with Gasteiger partial charge in [-0.3, -0.25) is 14.4 Å². The van der Waals surface area contributed by atoms with Gasteiger partial charge in [-0.15, -0.1) is 5.10 Å². The number of carboxylic acids is 1. The van der Waals surface area contributed by atoms with E-state index in [0.29, 0.717) is 50.8 Å². The minimum atomic E-state index is -1.15. The molecular weight excluding hydrogens is 708 g/mol. The molecule has 0 spiro atoms. The van der Waals surface area contributed by atoms with Gasteiger partial charge in [0.25, 0.3) is 0 Å². The van der Waals surface area contributed by atoms with Crippen LogP contribution in [0.2, 0.25) is 5.02 Å². The molecule has 2 aliphatic heterocycles. The van der Waals surface area contributed by atoms with Gasteiger partial charge in [0.15, 0.2) is 0 Å². The number of tetrazole rings is 1. The lowest BCUT2D eigenvalue weighted by molar-refractivity contribution is -0.149. The van der Waals surface area contributed by atoms with E-state index >= 15 is 0 Å². The predicted octanol–water partition coefficient (Wildman–Crippen LogP) is 2.91. The molecule has 0 aliphatic carbocycles. The van der Waals surface area contributed by atoms with Crippen molar-refractivity contribution >= 4 is 69.3 Å². The van der Waals surface area contributed by atoms with E-state index in [1.165, 1.54) is 32.9 Å². The zero-order chi connectivity index (χ0) is 37.2. The fraction of sp³-hybridized carbons (Fsp3) is 0.257. The molecule has 17 nitrogen and oxygen atoms in total. The Balaban J connectivity index is 1.14. The van der Waals surface area contributed by atoms with Gasteiger partial charge in [0, 0.05) is 53.4 Å². The third-order valence-electron chi connectivity index (χ3n) is 9.36.